The summed E-state index contributed by atoms with van der Waals surface area (Å²) in [5, 5.41) is 1.94. The van der Waals surface area contributed by atoms with Crippen LogP contribution in [-0.2, 0) is 11.3 Å². The number of amides is 1. The van der Waals surface area contributed by atoms with Gasteiger partial charge in [-0.1, -0.05) is 13.8 Å². The Morgan fingerprint density at radius 2 is 2.19 bits per heavy atom. The zero-order valence-corrected chi connectivity index (χ0v) is 10.9. The van der Waals surface area contributed by atoms with Crippen LogP contribution >= 0.6 is 11.3 Å². The standard InChI is InChI=1S/C11H19N3OS/c1-4-11(12,5-2)10(15)14(3)6-9-7-16-8-13-9/h7-8H,4-6,12H2,1-3H3. The Morgan fingerprint density at radius 3 is 2.62 bits per heavy atom. The molecular formula is C11H19N3OS. The normalized spacial score (nSPS) is 11.5. The molecule has 0 aliphatic rings. The maximum absolute atomic E-state index is 12.1. The van der Waals surface area contributed by atoms with E-state index in [2.05, 4.69) is 4.98 Å². The van der Waals surface area contributed by atoms with Crippen molar-refractivity contribution in [2.24, 2.45) is 5.73 Å². The molecule has 1 rings (SSSR count). The van der Waals surface area contributed by atoms with E-state index in [-0.39, 0.29) is 5.91 Å². The SMILES string of the molecule is CCC(N)(CC)C(=O)N(C)Cc1cscn1. The molecule has 0 bridgehead atoms. The molecule has 0 radical (unpaired) electrons. The summed E-state index contributed by atoms with van der Waals surface area (Å²) < 4.78 is 0. The smallest absolute Gasteiger partial charge is 0.242 e. The largest absolute Gasteiger partial charge is 0.338 e. The highest BCUT2D eigenvalue weighted by atomic mass is 32.1. The number of carbonyl (C=O) groups excluding carboxylic acids is 1. The molecule has 0 fully saturated rings. The minimum absolute atomic E-state index is 0.00880. The molecule has 16 heavy (non-hydrogen) atoms. The summed E-state index contributed by atoms with van der Waals surface area (Å²) in [6.45, 7) is 4.41. The predicted molar refractivity (Wildman–Crippen MR) is 66.1 cm³/mol. The van der Waals surface area contributed by atoms with Crippen LogP contribution in [0.2, 0.25) is 0 Å². The van der Waals surface area contributed by atoms with E-state index in [9.17, 15) is 4.79 Å². The zero-order chi connectivity index (χ0) is 12.2. The number of likely N-dealkylation sites (N-methyl/N-ethyl adjacent to an activating group) is 1. The molecular weight excluding hydrogens is 222 g/mol. The molecule has 0 atom stereocenters. The third-order valence-corrected chi connectivity index (χ3v) is 3.55. The van der Waals surface area contributed by atoms with Gasteiger partial charge in [0.1, 0.15) is 0 Å². The molecule has 1 amide bonds. The Balaban J connectivity index is 2.67. The van der Waals surface area contributed by atoms with Gasteiger partial charge in [0, 0.05) is 12.4 Å². The van der Waals surface area contributed by atoms with Gasteiger partial charge in [-0.25, -0.2) is 4.98 Å². The van der Waals surface area contributed by atoms with E-state index in [4.69, 9.17) is 5.73 Å². The van der Waals surface area contributed by atoms with Crippen molar-refractivity contribution in [2.75, 3.05) is 7.05 Å². The molecule has 90 valence electrons. The van der Waals surface area contributed by atoms with E-state index in [1.165, 1.54) is 11.3 Å². The molecule has 0 aliphatic carbocycles. The third-order valence-electron chi connectivity index (χ3n) is 2.92. The second-order valence-electron chi connectivity index (χ2n) is 4.00. The van der Waals surface area contributed by atoms with Crippen molar-refractivity contribution in [3.8, 4) is 0 Å². The maximum atomic E-state index is 12.1. The summed E-state index contributed by atoms with van der Waals surface area (Å²) in [5.41, 5.74) is 8.01. The van der Waals surface area contributed by atoms with E-state index in [1.807, 2.05) is 19.2 Å². The van der Waals surface area contributed by atoms with Crippen molar-refractivity contribution in [2.45, 2.75) is 38.8 Å². The predicted octanol–water partition coefficient (Wildman–Crippen LogP) is 1.62. The minimum Gasteiger partial charge on any atom is -0.338 e. The van der Waals surface area contributed by atoms with E-state index in [0.29, 0.717) is 19.4 Å². The number of thiazole rings is 1. The van der Waals surface area contributed by atoms with Crippen molar-refractivity contribution in [1.82, 2.24) is 9.88 Å². The summed E-state index contributed by atoms with van der Waals surface area (Å²) in [7, 11) is 1.77. The van der Waals surface area contributed by atoms with Gasteiger partial charge in [0.05, 0.1) is 23.3 Å². The van der Waals surface area contributed by atoms with Crippen molar-refractivity contribution < 1.29 is 4.79 Å². The van der Waals surface area contributed by atoms with E-state index in [0.717, 1.165) is 5.69 Å². The fourth-order valence-electron chi connectivity index (χ4n) is 1.56. The number of nitrogens with two attached hydrogens (primary N) is 1. The van der Waals surface area contributed by atoms with Crippen LogP contribution in [0.5, 0.6) is 0 Å². The third kappa shape index (κ3) is 2.80. The van der Waals surface area contributed by atoms with Crippen LogP contribution in [0.15, 0.2) is 10.9 Å². The van der Waals surface area contributed by atoms with E-state index in [1.54, 1.807) is 17.5 Å². The van der Waals surface area contributed by atoms with Gasteiger partial charge >= 0.3 is 0 Å². The average Bonchev–Trinajstić information content (AvgIpc) is 2.79. The Morgan fingerprint density at radius 1 is 1.56 bits per heavy atom. The Kier molecular flexibility index (Phi) is 4.44. The van der Waals surface area contributed by atoms with Crippen LogP contribution in [-0.4, -0.2) is 28.4 Å². The molecule has 1 aromatic heterocycles. The molecule has 4 nitrogen and oxygen atoms in total. The molecule has 0 saturated heterocycles. The molecule has 1 heterocycles. The molecule has 1 aromatic rings. The van der Waals surface area contributed by atoms with Gasteiger partial charge in [-0.05, 0) is 12.8 Å². The highest BCUT2D eigenvalue weighted by Crippen LogP contribution is 2.16. The van der Waals surface area contributed by atoms with Gasteiger partial charge in [-0.15, -0.1) is 11.3 Å². The topological polar surface area (TPSA) is 59.2 Å². The second kappa shape index (κ2) is 5.41. The summed E-state index contributed by atoms with van der Waals surface area (Å²) in [5.74, 6) is -0.00880. The summed E-state index contributed by atoms with van der Waals surface area (Å²) >= 11 is 1.53. The first-order chi connectivity index (χ1) is 7.53. The van der Waals surface area contributed by atoms with Crippen LogP contribution < -0.4 is 5.73 Å². The van der Waals surface area contributed by atoms with Gasteiger partial charge < -0.3 is 10.6 Å². The molecule has 0 saturated carbocycles. The average molecular weight is 241 g/mol. The molecule has 0 unspecified atom stereocenters. The number of nitrogens with zero attached hydrogens (tertiary/aromatic N) is 2. The van der Waals surface area contributed by atoms with Crippen LogP contribution in [0, 0.1) is 0 Å². The molecule has 5 heteroatoms. The van der Waals surface area contributed by atoms with Crippen LogP contribution in [0.4, 0.5) is 0 Å². The molecule has 0 aliphatic heterocycles. The quantitative estimate of drug-likeness (QED) is 0.852. The van der Waals surface area contributed by atoms with Crippen molar-refractivity contribution in [3.63, 3.8) is 0 Å². The van der Waals surface area contributed by atoms with Gasteiger partial charge in [-0.2, -0.15) is 0 Å². The molecule has 0 aromatic carbocycles. The van der Waals surface area contributed by atoms with Gasteiger partial charge in [-0.3, -0.25) is 4.79 Å². The maximum Gasteiger partial charge on any atom is 0.242 e. The van der Waals surface area contributed by atoms with E-state index >= 15 is 0 Å². The highest BCUT2D eigenvalue weighted by molar-refractivity contribution is 7.07. The summed E-state index contributed by atoms with van der Waals surface area (Å²) in [6, 6.07) is 0. The first-order valence-corrected chi connectivity index (χ1v) is 6.39. The first-order valence-electron chi connectivity index (χ1n) is 5.45. The van der Waals surface area contributed by atoms with Crippen molar-refractivity contribution >= 4 is 17.2 Å². The number of hydrogen-bond donors (Lipinski definition) is 1. The van der Waals surface area contributed by atoms with Crippen LogP contribution in [0.25, 0.3) is 0 Å². The lowest BCUT2D eigenvalue weighted by Gasteiger charge is -2.30. The number of rotatable bonds is 5. The zero-order valence-electron chi connectivity index (χ0n) is 10.1. The summed E-state index contributed by atoms with van der Waals surface area (Å²) in [6.07, 6.45) is 1.31. The Hall–Kier alpha value is -0.940. The second-order valence-corrected chi connectivity index (χ2v) is 4.72. The highest BCUT2D eigenvalue weighted by Gasteiger charge is 2.32. The Bertz CT molecular complexity index is 333. The summed E-state index contributed by atoms with van der Waals surface area (Å²) in [4.78, 5) is 17.9. The van der Waals surface area contributed by atoms with Crippen molar-refractivity contribution in [3.05, 3.63) is 16.6 Å². The number of aromatic nitrogens is 1. The Labute approximate surface area is 100 Å². The molecule has 2 N–H and O–H groups in total. The minimum atomic E-state index is -0.731. The van der Waals surface area contributed by atoms with Gasteiger partial charge in [0.15, 0.2) is 0 Å². The fraction of sp³-hybridized carbons (Fsp3) is 0.636. The number of carbonyl (C=O) groups is 1. The monoisotopic (exact) mass is 241 g/mol. The van der Waals surface area contributed by atoms with Crippen LogP contribution in [0.1, 0.15) is 32.4 Å². The van der Waals surface area contributed by atoms with Gasteiger partial charge in [0.25, 0.3) is 0 Å². The lowest BCUT2D eigenvalue weighted by molar-refractivity contribution is -0.136. The lowest BCUT2D eigenvalue weighted by atomic mass is 9.92. The van der Waals surface area contributed by atoms with E-state index < -0.39 is 5.54 Å². The van der Waals surface area contributed by atoms with Gasteiger partial charge in [0.2, 0.25) is 5.91 Å². The van der Waals surface area contributed by atoms with Crippen molar-refractivity contribution in [1.29, 1.82) is 0 Å². The van der Waals surface area contributed by atoms with Crippen LogP contribution in [0.3, 0.4) is 0 Å². The molecule has 0 spiro atoms. The number of hydrogen-bond acceptors (Lipinski definition) is 4. The first kappa shape index (κ1) is 13.1. The lowest BCUT2D eigenvalue weighted by Crippen LogP contribution is -2.53. The fourth-order valence-corrected chi connectivity index (χ4v) is 2.11.